The zero-order valence-corrected chi connectivity index (χ0v) is 12.1. The van der Waals surface area contributed by atoms with E-state index in [-0.39, 0.29) is 5.91 Å². The fourth-order valence-corrected chi connectivity index (χ4v) is 2.24. The Bertz CT molecular complexity index is 794. The summed E-state index contributed by atoms with van der Waals surface area (Å²) in [5.41, 5.74) is 3.32. The van der Waals surface area contributed by atoms with Crippen LogP contribution in [0.3, 0.4) is 0 Å². The Kier molecular flexibility index (Phi) is 3.40. The zero-order valence-electron chi connectivity index (χ0n) is 12.1. The fraction of sp³-hybridized carbons (Fsp3) is 0.111. The van der Waals surface area contributed by atoms with Crippen molar-refractivity contribution in [3.8, 4) is 0 Å². The molecule has 0 aliphatic heterocycles. The maximum atomic E-state index is 12.5. The number of aromatic nitrogens is 1. The minimum absolute atomic E-state index is 0.107. The summed E-state index contributed by atoms with van der Waals surface area (Å²) in [6, 6.07) is 19.4. The van der Waals surface area contributed by atoms with Gasteiger partial charge in [-0.25, -0.2) is 4.98 Å². The van der Waals surface area contributed by atoms with Gasteiger partial charge in [-0.2, -0.15) is 0 Å². The quantitative estimate of drug-likeness (QED) is 0.713. The molecule has 1 amide bonds. The Morgan fingerprint density at radius 1 is 0.952 bits per heavy atom. The van der Waals surface area contributed by atoms with Crippen LogP contribution < -0.4 is 4.90 Å². The van der Waals surface area contributed by atoms with E-state index < -0.39 is 0 Å². The Balaban J connectivity index is 1.94. The number of rotatable bonds is 2. The monoisotopic (exact) mass is 276 g/mol. The first kappa shape index (κ1) is 13.3. The number of hydrogen-bond donors (Lipinski definition) is 0. The van der Waals surface area contributed by atoms with Crippen LogP contribution in [-0.4, -0.2) is 17.9 Å². The Morgan fingerprint density at radius 2 is 1.67 bits per heavy atom. The van der Waals surface area contributed by atoms with E-state index in [0.717, 1.165) is 16.6 Å². The molecule has 0 aliphatic carbocycles. The van der Waals surface area contributed by atoms with E-state index in [0.29, 0.717) is 5.69 Å². The molecule has 0 aliphatic rings. The lowest BCUT2D eigenvalue weighted by atomic mass is 10.2. The van der Waals surface area contributed by atoms with E-state index in [1.807, 2.05) is 61.5 Å². The topological polar surface area (TPSA) is 33.2 Å². The normalized spacial score (nSPS) is 10.6. The number of para-hydroxylation sites is 1. The van der Waals surface area contributed by atoms with Gasteiger partial charge in [-0.3, -0.25) is 4.79 Å². The van der Waals surface area contributed by atoms with Crippen LogP contribution in [0.1, 0.15) is 16.1 Å². The molecule has 0 radical (unpaired) electrons. The Hall–Kier alpha value is -2.68. The second-order valence-electron chi connectivity index (χ2n) is 5.09. The van der Waals surface area contributed by atoms with Crippen LogP contribution in [-0.2, 0) is 0 Å². The standard InChI is InChI=1S/C18H16N2O/c1-13-7-10-15(11-8-13)20(2)18(21)17-12-9-14-5-3-4-6-16(14)19-17/h3-12H,1-2H3. The highest BCUT2D eigenvalue weighted by Gasteiger charge is 2.15. The van der Waals surface area contributed by atoms with Crippen molar-refractivity contribution in [2.24, 2.45) is 0 Å². The second-order valence-corrected chi connectivity index (χ2v) is 5.09. The first-order chi connectivity index (χ1) is 10.1. The minimum Gasteiger partial charge on any atom is -0.310 e. The molecule has 1 aromatic heterocycles. The average Bonchev–Trinajstić information content (AvgIpc) is 2.54. The molecule has 0 N–H and O–H groups in total. The van der Waals surface area contributed by atoms with Crippen LogP contribution >= 0.6 is 0 Å². The van der Waals surface area contributed by atoms with E-state index in [1.54, 1.807) is 18.0 Å². The molecule has 0 bridgehead atoms. The van der Waals surface area contributed by atoms with Crippen molar-refractivity contribution in [1.82, 2.24) is 4.98 Å². The summed E-state index contributed by atoms with van der Waals surface area (Å²) in [7, 11) is 1.77. The molecule has 0 unspecified atom stereocenters. The molecule has 3 nitrogen and oxygen atoms in total. The van der Waals surface area contributed by atoms with Gasteiger partial charge in [-0.05, 0) is 31.2 Å². The summed E-state index contributed by atoms with van der Waals surface area (Å²) in [5.74, 6) is -0.107. The predicted molar refractivity (Wildman–Crippen MR) is 85.7 cm³/mol. The number of carbonyl (C=O) groups excluding carboxylic acids is 1. The third-order valence-electron chi connectivity index (χ3n) is 3.54. The van der Waals surface area contributed by atoms with Crippen molar-refractivity contribution < 1.29 is 4.79 Å². The first-order valence-electron chi connectivity index (χ1n) is 6.86. The van der Waals surface area contributed by atoms with Crippen molar-refractivity contribution in [3.05, 3.63) is 71.9 Å². The summed E-state index contributed by atoms with van der Waals surface area (Å²) in [6.45, 7) is 2.02. The van der Waals surface area contributed by atoms with Gasteiger partial charge in [0.15, 0.2) is 0 Å². The number of hydrogen-bond acceptors (Lipinski definition) is 2. The smallest absolute Gasteiger partial charge is 0.276 e. The molecule has 0 saturated carbocycles. The maximum absolute atomic E-state index is 12.5. The lowest BCUT2D eigenvalue weighted by Gasteiger charge is -2.17. The van der Waals surface area contributed by atoms with Crippen LogP contribution in [0.5, 0.6) is 0 Å². The van der Waals surface area contributed by atoms with Crippen molar-refractivity contribution in [2.45, 2.75) is 6.92 Å². The molecule has 104 valence electrons. The van der Waals surface area contributed by atoms with Gasteiger partial charge in [0.1, 0.15) is 5.69 Å². The summed E-state index contributed by atoms with van der Waals surface area (Å²) in [6.07, 6.45) is 0. The Morgan fingerprint density at radius 3 is 2.43 bits per heavy atom. The number of nitrogens with zero attached hydrogens (tertiary/aromatic N) is 2. The molecule has 0 saturated heterocycles. The van der Waals surface area contributed by atoms with Gasteiger partial charge in [0.25, 0.3) is 5.91 Å². The van der Waals surface area contributed by atoms with E-state index in [4.69, 9.17) is 0 Å². The van der Waals surface area contributed by atoms with Crippen molar-refractivity contribution >= 4 is 22.5 Å². The summed E-state index contributed by atoms with van der Waals surface area (Å²) in [5, 5.41) is 1.03. The van der Waals surface area contributed by atoms with Gasteiger partial charge in [-0.15, -0.1) is 0 Å². The van der Waals surface area contributed by atoms with Crippen molar-refractivity contribution in [3.63, 3.8) is 0 Å². The van der Waals surface area contributed by atoms with Crippen LogP contribution in [0.15, 0.2) is 60.7 Å². The third-order valence-corrected chi connectivity index (χ3v) is 3.54. The van der Waals surface area contributed by atoms with Crippen molar-refractivity contribution in [1.29, 1.82) is 0 Å². The summed E-state index contributed by atoms with van der Waals surface area (Å²) < 4.78 is 0. The molecule has 21 heavy (non-hydrogen) atoms. The number of aryl methyl sites for hydroxylation is 1. The summed E-state index contributed by atoms with van der Waals surface area (Å²) >= 11 is 0. The van der Waals surface area contributed by atoms with Crippen LogP contribution in [0.2, 0.25) is 0 Å². The lowest BCUT2D eigenvalue weighted by molar-refractivity contribution is 0.0988. The average molecular weight is 276 g/mol. The van der Waals surface area contributed by atoms with Gasteiger partial charge in [-0.1, -0.05) is 42.0 Å². The highest BCUT2D eigenvalue weighted by Crippen LogP contribution is 2.17. The van der Waals surface area contributed by atoms with E-state index in [2.05, 4.69) is 4.98 Å². The zero-order chi connectivity index (χ0) is 14.8. The number of anilines is 1. The predicted octanol–water partition coefficient (Wildman–Crippen LogP) is 3.82. The lowest BCUT2D eigenvalue weighted by Crippen LogP contribution is -2.27. The van der Waals surface area contributed by atoms with Gasteiger partial charge >= 0.3 is 0 Å². The number of carbonyl (C=O) groups is 1. The summed E-state index contributed by atoms with van der Waals surface area (Å²) in [4.78, 5) is 18.6. The first-order valence-corrected chi connectivity index (χ1v) is 6.86. The molecule has 3 heteroatoms. The third kappa shape index (κ3) is 2.63. The molecular formula is C18H16N2O. The minimum atomic E-state index is -0.107. The number of benzene rings is 2. The molecule has 0 fully saturated rings. The molecule has 3 rings (SSSR count). The molecule has 0 spiro atoms. The molecule has 3 aromatic rings. The molecule has 1 heterocycles. The van der Waals surface area contributed by atoms with Gasteiger partial charge in [0.05, 0.1) is 5.52 Å². The van der Waals surface area contributed by atoms with Gasteiger partial charge in [0, 0.05) is 18.1 Å². The van der Waals surface area contributed by atoms with Crippen LogP contribution in [0.4, 0.5) is 5.69 Å². The molecular weight excluding hydrogens is 260 g/mol. The highest BCUT2D eigenvalue weighted by molar-refractivity contribution is 6.05. The van der Waals surface area contributed by atoms with Crippen molar-refractivity contribution in [2.75, 3.05) is 11.9 Å². The maximum Gasteiger partial charge on any atom is 0.276 e. The van der Waals surface area contributed by atoms with Gasteiger partial charge < -0.3 is 4.90 Å². The van der Waals surface area contributed by atoms with Crippen LogP contribution in [0.25, 0.3) is 10.9 Å². The van der Waals surface area contributed by atoms with E-state index >= 15 is 0 Å². The second kappa shape index (κ2) is 5.37. The highest BCUT2D eigenvalue weighted by atomic mass is 16.2. The number of pyridine rings is 1. The number of fused-ring (bicyclic) bond motifs is 1. The number of amides is 1. The molecule has 2 aromatic carbocycles. The van der Waals surface area contributed by atoms with E-state index in [9.17, 15) is 4.79 Å². The van der Waals surface area contributed by atoms with Gasteiger partial charge in [0.2, 0.25) is 0 Å². The largest absolute Gasteiger partial charge is 0.310 e. The Labute approximate surface area is 123 Å². The van der Waals surface area contributed by atoms with E-state index in [1.165, 1.54) is 5.56 Å². The van der Waals surface area contributed by atoms with Crippen LogP contribution in [0, 0.1) is 6.92 Å². The molecule has 0 atom stereocenters. The SMILES string of the molecule is Cc1ccc(N(C)C(=O)c2ccc3ccccc3n2)cc1. The fourth-order valence-electron chi connectivity index (χ4n) is 2.24.